The molecule has 4 fully saturated rings. The summed E-state index contributed by atoms with van der Waals surface area (Å²) in [7, 11) is -3.61. The summed E-state index contributed by atoms with van der Waals surface area (Å²) in [6.45, 7) is 64.3. The van der Waals surface area contributed by atoms with E-state index in [1.54, 1.807) is 0 Å². The summed E-state index contributed by atoms with van der Waals surface area (Å²) in [5, 5.41) is 15.4. The summed E-state index contributed by atoms with van der Waals surface area (Å²) in [6.07, 6.45) is 7.53. The van der Waals surface area contributed by atoms with E-state index < -0.39 is 17.2 Å². The van der Waals surface area contributed by atoms with E-state index in [2.05, 4.69) is 239 Å². The Labute approximate surface area is 474 Å². The first-order chi connectivity index (χ1) is 34.4. The van der Waals surface area contributed by atoms with E-state index in [0.717, 1.165) is 91.5 Å². The van der Waals surface area contributed by atoms with Crippen LogP contribution in [-0.2, 0) is 46.2 Å². The molecule has 0 bridgehead atoms. The Kier molecular flexibility index (Phi) is 18.5. The van der Waals surface area contributed by atoms with Crippen molar-refractivity contribution in [2.24, 2.45) is 0 Å². The fraction of sp³-hybridized carbons (Fsp3) is 0.815. The van der Waals surface area contributed by atoms with Crippen molar-refractivity contribution in [3.05, 3.63) is 57.6 Å². The monoisotopic (exact) mass is 1110 g/mol. The van der Waals surface area contributed by atoms with Gasteiger partial charge in [-0.3, -0.25) is 18.1 Å². The van der Waals surface area contributed by atoms with Gasteiger partial charge in [0.15, 0.2) is 0 Å². The molecule has 2 aromatic carbocycles. The highest BCUT2D eigenvalue weighted by atomic mass is 31.2. The largest absolute Gasteiger partial charge is 0.426 e. The molecular formula is C65H114N4O6P2. The lowest BCUT2D eigenvalue weighted by Crippen LogP contribution is -2.60. The Morgan fingerprint density at radius 3 is 0.662 bits per heavy atom. The van der Waals surface area contributed by atoms with Gasteiger partial charge in [0, 0.05) is 66.6 Å². The molecule has 77 heavy (non-hydrogen) atoms. The van der Waals surface area contributed by atoms with Crippen LogP contribution in [0.3, 0.4) is 0 Å². The molecule has 4 aliphatic heterocycles. The third-order valence-corrected chi connectivity index (χ3v) is 18.4. The molecule has 6 rings (SSSR count). The summed E-state index contributed by atoms with van der Waals surface area (Å²) in [5.74, 6) is 1.78. The van der Waals surface area contributed by atoms with Crippen LogP contribution in [-0.4, -0.2) is 68.7 Å². The maximum Gasteiger partial charge on any atom is 0.397 e. The molecule has 4 heterocycles. The number of benzene rings is 2. The molecule has 440 valence electrons. The van der Waals surface area contributed by atoms with Gasteiger partial charge in [-0.15, -0.1) is 0 Å². The van der Waals surface area contributed by atoms with Crippen molar-refractivity contribution in [2.45, 2.75) is 342 Å². The number of nitrogens with one attached hydrogen (secondary N) is 4. The van der Waals surface area contributed by atoms with Crippen molar-refractivity contribution in [2.75, 3.05) is 0 Å². The summed E-state index contributed by atoms with van der Waals surface area (Å²) >= 11 is 0. The molecule has 4 aliphatic rings. The normalized spacial score (nSPS) is 24.1. The van der Waals surface area contributed by atoms with Gasteiger partial charge >= 0.3 is 17.2 Å². The van der Waals surface area contributed by atoms with Gasteiger partial charge in [0.05, 0.1) is 24.4 Å². The van der Waals surface area contributed by atoms with Crippen LogP contribution in [0.1, 0.15) is 279 Å². The zero-order valence-electron chi connectivity index (χ0n) is 54.3. The molecule has 4 saturated heterocycles. The zero-order chi connectivity index (χ0) is 58.3. The van der Waals surface area contributed by atoms with Crippen LogP contribution in [0, 0.1) is 0 Å². The summed E-state index contributed by atoms with van der Waals surface area (Å²) in [4.78, 5) is 0. The Bertz CT molecular complexity index is 2000. The molecular weight excluding hydrogens is 995 g/mol. The van der Waals surface area contributed by atoms with Gasteiger partial charge in [-0.1, -0.05) is 107 Å². The Morgan fingerprint density at radius 1 is 0.338 bits per heavy atom. The van der Waals surface area contributed by atoms with E-state index in [1.807, 2.05) is 0 Å². The number of hydrogen-bond acceptors (Lipinski definition) is 10. The van der Waals surface area contributed by atoms with Gasteiger partial charge in [-0.05, 0) is 201 Å². The SMILES string of the molecule is CC1(C)CC(OP(Oc2c(C(C)(C)C)cc(Cc3cc(C(C)(C)C)c(OP(OC4CC(C)(C)NC(C)(C)C4)OC4CC(C)(C)NC(C)(C)C4)c(C(C)(C)C)c3)cc2C(C)(C)C)OC2CC(C)(C)NC(C)(C)C2)CC(C)(C)N1. The third kappa shape index (κ3) is 18.3. The lowest BCUT2D eigenvalue weighted by molar-refractivity contribution is 0.0115. The minimum atomic E-state index is -1.81. The quantitative estimate of drug-likeness (QED) is 0.137. The topological polar surface area (TPSA) is 104 Å². The lowest BCUT2D eigenvalue weighted by atomic mass is 9.76. The first-order valence-corrected chi connectivity index (χ1v) is 31.7. The van der Waals surface area contributed by atoms with Crippen LogP contribution < -0.4 is 30.3 Å². The minimum Gasteiger partial charge on any atom is -0.426 e. The second kappa shape index (κ2) is 22.0. The first-order valence-electron chi connectivity index (χ1n) is 29.6. The molecule has 12 heteroatoms. The van der Waals surface area contributed by atoms with Gasteiger partial charge in [-0.25, -0.2) is 0 Å². The third-order valence-electron chi connectivity index (χ3n) is 15.8. The average Bonchev–Trinajstić information content (AvgIpc) is 3.12. The summed E-state index contributed by atoms with van der Waals surface area (Å²) in [6, 6.07) is 9.64. The van der Waals surface area contributed by atoms with Crippen molar-refractivity contribution in [1.82, 2.24) is 21.3 Å². The Hall–Kier alpha value is -1.42. The smallest absolute Gasteiger partial charge is 0.397 e. The second-order valence-electron chi connectivity index (χ2n) is 34.0. The van der Waals surface area contributed by atoms with E-state index in [9.17, 15) is 0 Å². The highest BCUT2D eigenvalue weighted by molar-refractivity contribution is 7.42. The molecule has 0 radical (unpaired) electrons. The van der Waals surface area contributed by atoms with E-state index >= 15 is 0 Å². The van der Waals surface area contributed by atoms with Crippen molar-refractivity contribution in [3.63, 3.8) is 0 Å². The second-order valence-corrected chi connectivity index (χ2v) is 36.1. The molecule has 2 aromatic rings. The van der Waals surface area contributed by atoms with Crippen LogP contribution in [0.25, 0.3) is 0 Å². The van der Waals surface area contributed by atoms with Crippen molar-refractivity contribution >= 4 is 17.2 Å². The molecule has 0 atom stereocenters. The van der Waals surface area contributed by atoms with Crippen molar-refractivity contribution < 1.29 is 27.1 Å². The highest BCUT2D eigenvalue weighted by Gasteiger charge is 2.47. The molecule has 0 spiro atoms. The Balaban J connectivity index is 1.45. The predicted octanol–water partition coefficient (Wildman–Crippen LogP) is 17.0. The lowest BCUT2D eigenvalue weighted by Gasteiger charge is -2.48. The molecule has 10 nitrogen and oxygen atoms in total. The van der Waals surface area contributed by atoms with Gasteiger partial charge < -0.3 is 30.3 Å². The number of rotatable bonds is 14. The van der Waals surface area contributed by atoms with Crippen molar-refractivity contribution in [1.29, 1.82) is 0 Å². The van der Waals surface area contributed by atoms with Gasteiger partial charge in [0.1, 0.15) is 11.5 Å². The molecule has 0 amide bonds. The predicted molar refractivity (Wildman–Crippen MR) is 327 cm³/mol. The zero-order valence-corrected chi connectivity index (χ0v) is 56.1. The molecule has 0 unspecified atom stereocenters. The molecule has 0 aliphatic carbocycles. The van der Waals surface area contributed by atoms with Gasteiger partial charge in [0.25, 0.3) is 0 Å². The van der Waals surface area contributed by atoms with E-state index in [0.29, 0.717) is 0 Å². The molecule has 4 N–H and O–H groups in total. The summed E-state index contributed by atoms with van der Waals surface area (Å²) < 4.78 is 43.9. The standard InChI is InChI=1S/C65H114N4O6P2/c1-54(2,3)48-30-42(31-49(55(4,5)6)52(48)74-76(70-44-34-58(13,14)66-59(15,16)35-44)71-45-36-60(17,18)67-61(19,20)37-45)29-43-32-50(56(7,8)9)53(51(33-43)57(10,11)12)75-77(72-46-38-62(21,22)68-63(23,24)39-46)73-47-40-64(25,26)69-65(27,28)41-47/h30-33,44-47,66-69H,29,34-41H2,1-28H3. The fourth-order valence-corrected chi connectivity index (χ4v) is 16.8. The van der Waals surface area contributed by atoms with Crippen LogP contribution in [0.15, 0.2) is 24.3 Å². The van der Waals surface area contributed by atoms with Gasteiger partial charge in [-0.2, -0.15) is 0 Å². The van der Waals surface area contributed by atoms with Crippen LogP contribution in [0.5, 0.6) is 11.5 Å². The van der Waals surface area contributed by atoms with Crippen LogP contribution >= 0.6 is 17.2 Å². The average molecular weight is 1110 g/mol. The maximum atomic E-state index is 7.48. The summed E-state index contributed by atoms with van der Waals surface area (Å²) in [5.41, 5.74) is 5.32. The van der Waals surface area contributed by atoms with Gasteiger partial charge in [0.2, 0.25) is 0 Å². The van der Waals surface area contributed by atoms with Crippen LogP contribution in [0.4, 0.5) is 0 Å². The van der Waals surface area contributed by atoms with E-state index in [1.165, 1.54) is 11.1 Å². The minimum absolute atomic E-state index is 0.0334. The molecule has 0 aromatic heterocycles. The van der Waals surface area contributed by atoms with Crippen molar-refractivity contribution in [3.8, 4) is 11.5 Å². The maximum absolute atomic E-state index is 7.48. The van der Waals surface area contributed by atoms with Crippen LogP contribution in [0.2, 0.25) is 0 Å². The van der Waals surface area contributed by atoms with E-state index in [-0.39, 0.29) is 90.4 Å². The van der Waals surface area contributed by atoms with E-state index in [4.69, 9.17) is 27.1 Å². The number of hydrogen-bond donors (Lipinski definition) is 4. The first kappa shape index (κ1) is 64.7. The Morgan fingerprint density at radius 2 is 0.506 bits per heavy atom. The highest BCUT2D eigenvalue weighted by Crippen LogP contribution is 2.56. The molecule has 0 saturated carbocycles. The number of piperidine rings is 4. The fourth-order valence-electron chi connectivity index (χ4n) is 14.2.